The summed E-state index contributed by atoms with van der Waals surface area (Å²) < 4.78 is 82.6. The maximum absolute atomic E-state index is 13.2. The fourth-order valence-corrected chi connectivity index (χ4v) is 2.77. The molecule has 35 heavy (non-hydrogen) atoms. The third-order valence-electron chi connectivity index (χ3n) is 4.51. The van der Waals surface area contributed by atoms with Crippen molar-refractivity contribution in [1.29, 1.82) is 0 Å². The second kappa shape index (κ2) is 10.7. The van der Waals surface area contributed by atoms with Crippen molar-refractivity contribution < 1.29 is 31.1 Å². The zero-order chi connectivity index (χ0) is 25.6. The van der Waals surface area contributed by atoms with Gasteiger partial charge >= 0.3 is 12.4 Å². The highest BCUT2D eigenvalue weighted by Gasteiger charge is 2.37. The van der Waals surface area contributed by atoms with Crippen LogP contribution in [0, 0.1) is 0 Å². The third-order valence-corrected chi connectivity index (χ3v) is 4.51. The first-order valence-corrected chi connectivity index (χ1v) is 9.99. The zero-order valence-electron chi connectivity index (χ0n) is 18.0. The first kappa shape index (κ1) is 25.9. The molecular weight excluding hydrogens is 488 g/mol. The number of halogens is 6. The fraction of sp³-hybridized carbons (Fsp3) is 0.444. The quantitative estimate of drug-likeness (QED) is 0.304. The van der Waals surface area contributed by atoms with Crippen molar-refractivity contribution in [3.05, 3.63) is 51.7 Å². The van der Waals surface area contributed by atoms with Crippen molar-refractivity contribution in [1.82, 2.24) is 35.3 Å². The number of hydrogen-bond donors (Lipinski definition) is 4. The fourth-order valence-electron chi connectivity index (χ4n) is 2.77. The minimum atomic E-state index is -4.87. The molecule has 3 aromatic heterocycles. The van der Waals surface area contributed by atoms with Crippen molar-refractivity contribution in [2.45, 2.75) is 44.9 Å². The van der Waals surface area contributed by atoms with E-state index in [1.165, 1.54) is 0 Å². The summed E-state index contributed by atoms with van der Waals surface area (Å²) in [4.78, 5) is 22.8. The number of H-pyrrole nitrogens is 2. The molecule has 0 spiro atoms. The summed E-state index contributed by atoms with van der Waals surface area (Å²) in [5, 5.41) is 17.0. The summed E-state index contributed by atoms with van der Waals surface area (Å²) >= 11 is 0. The van der Waals surface area contributed by atoms with Gasteiger partial charge in [0.15, 0.2) is 5.82 Å². The molecule has 0 amide bonds. The molecule has 0 aliphatic rings. The molecule has 0 radical (unpaired) electrons. The van der Waals surface area contributed by atoms with Gasteiger partial charge in [-0.05, 0) is 6.42 Å². The van der Waals surface area contributed by atoms with Crippen LogP contribution < -0.4 is 16.2 Å². The van der Waals surface area contributed by atoms with Gasteiger partial charge in [-0.3, -0.25) is 9.89 Å². The molecule has 4 N–H and O–H groups in total. The highest BCUT2D eigenvalue weighted by Crippen LogP contribution is 2.32. The van der Waals surface area contributed by atoms with Crippen LogP contribution in [0.2, 0.25) is 0 Å². The molecule has 3 rings (SSSR count). The smallest absolute Gasteiger partial charge is 0.378 e. The predicted molar refractivity (Wildman–Crippen MR) is 108 cm³/mol. The average Bonchev–Trinajstić information content (AvgIpc) is 3.23. The third kappa shape index (κ3) is 7.11. The van der Waals surface area contributed by atoms with Crippen LogP contribution in [0.3, 0.4) is 0 Å². The summed E-state index contributed by atoms with van der Waals surface area (Å²) in [5.41, 5.74) is -4.18. The second-order valence-corrected chi connectivity index (χ2v) is 7.10. The largest absolute Gasteiger partial charge is 0.423 e. The Hall–Kier alpha value is -3.76. The number of aromatic amines is 2. The van der Waals surface area contributed by atoms with Crippen LogP contribution in [0.5, 0.6) is 0 Å². The van der Waals surface area contributed by atoms with E-state index in [9.17, 15) is 31.1 Å². The van der Waals surface area contributed by atoms with Crippen LogP contribution >= 0.6 is 0 Å². The topological polar surface area (TPSA) is 146 Å². The van der Waals surface area contributed by atoms with Gasteiger partial charge in [0.05, 0.1) is 30.6 Å². The van der Waals surface area contributed by atoms with Gasteiger partial charge in [0.1, 0.15) is 18.0 Å². The Morgan fingerprint density at radius 3 is 2.40 bits per heavy atom. The normalized spacial score (nSPS) is 13.0. The van der Waals surface area contributed by atoms with Crippen LogP contribution in [0.4, 0.5) is 38.0 Å². The van der Waals surface area contributed by atoms with Gasteiger partial charge in [0.2, 0.25) is 5.95 Å². The minimum Gasteiger partial charge on any atom is -0.378 e. The highest BCUT2D eigenvalue weighted by atomic mass is 19.4. The van der Waals surface area contributed by atoms with Crippen LogP contribution in [-0.4, -0.2) is 48.0 Å². The number of rotatable bonds is 10. The molecule has 0 unspecified atom stereocenters. The molecule has 0 saturated heterocycles. The molecule has 0 saturated carbocycles. The van der Waals surface area contributed by atoms with Crippen molar-refractivity contribution in [2.75, 3.05) is 17.2 Å². The van der Waals surface area contributed by atoms with Gasteiger partial charge in [-0.25, -0.2) is 20.1 Å². The lowest BCUT2D eigenvalue weighted by atomic mass is 10.2. The van der Waals surface area contributed by atoms with E-state index in [4.69, 9.17) is 4.74 Å². The molecule has 0 aliphatic heterocycles. The number of alkyl halides is 6. The van der Waals surface area contributed by atoms with E-state index in [-0.39, 0.29) is 31.5 Å². The summed E-state index contributed by atoms with van der Waals surface area (Å²) in [6.45, 7) is 1.65. The molecule has 0 aromatic carbocycles. The second-order valence-electron chi connectivity index (χ2n) is 7.10. The molecule has 0 aliphatic carbocycles. The van der Waals surface area contributed by atoms with Crippen LogP contribution in [0.15, 0.2) is 23.4 Å². The minimum absolute atomic E-state index is 0.0257. The van der Waals surface area contributed by atoms with Crippen LogP contribution in [0.1, 0.15) is 36.1 Å². The predicted octanol–water partition coefficient (Wildman–Crippen LogP) is 2.74. The van der Waals surface area contributed by atoms with Crippen molar-refractivity contribution in [3.8, 4) is 0 Å². The molecule has 3 aromatic rings. The summed E-state index contributed by atoms with van der Waals surface area (Å²) in [5.74, 6) is 0.511. The summed E-state index contributed by atoms with van der Waals surface area (Å²) in [6.07, 6.45) is -6.87. The van der Waals surface area contributed by atoms with Gasteiger partial charge in [-0.2, -0.15) is 36.5 Å². The van der Waals surface area contributed by atoms with E-state index in [1.807, 2.05) is 0 Å². The van der Waals surface area contributed by atoms with Gasteiger partial charge in [0, 0.05) is 18.4 Å². The van der Waals surface area contributed by atoms with Gasteiger partial charge in [0.25, 0.3) is 5.56 Å². The van der Waals surface area contributed by atoms with E-state index in [1.54, 1.807) is 12.0 Å². The Morgan fingerprint density at radius 2 is 1.77 bits per heavy atom. The lowest BCUT2D eigenvalue weighted by molar-refractivity contribution is -0.139. The first-order chi connectivity index (χ1) is 16.5. The van der Waals surface area contributed by atoms with E-state index in [2.05, 4.69) is 40.9 Å². The average molecular weight is 507 g/mol. The zero-order valence-corrected chi connectivity index (χ0v) is 18.0. The van der Waals surface area contributed by atoms with Gasteiger partial charge < -0.3 is 15.4 Å². The monoisotopic (exact) mass is 507 g/mol. The molecule has 3 heterocycles. The Bertz CT molecular complexity index is 1160. The molecule has 0 bridgehead atoms. The summed E-state index contributed by atoms with van der Waals surface area (Å²) in [7, 11) is 0. The Balaban J connectivity index is 1.50. The Morgan fingerprint density at radius 1 is 1.06 bits per heavy atom. The standard InChI is InChI=1S/C18H19F6N9O2/c1-2-10(29-11-5-28-33-15(34)14(11)18(22,23)24)7-35-8-13-30-12(31-32-13)6-27-16-25-3-9(4-26-16)17(19,20)21/h3-5,10H,2,6-8H2,1H3,(H,25,26,27)(H2,29,33,34)(H,30,31,32)/t10-/m0/s1. The molecule has 0 fully saturated rings. The van der Waals surface area contributed by atoms with Gasteiger partial charge in [-0.15, -0.1) is 0 Å². The van der Waals surface area contributed by atoms with Gasteiger partial charge in [-0.1, -0.05) is 6.92 Å². The van der Waals surface area contributed by atoms with E-state index in [0.29, 0.717) is 24.6 Å². The highest BCUT2D eigenvalue weighted by molar-refractivity contribution is 5.50. The van der Waals surface area contributed by atoms with Crippen molar-refractivity contribution in [3.63, 3.8) is 0 Å². The maximum atomic E-state index is 13.2. The van der Waals surface area contributed by atoms with E-state index >= 15 is 0 Å². The Kier molecular flexibility index (Phi) is 7.88. The SMILES string of the molecule is CC[C@@H](COCc1n[nH]c(CNc2ncc(C(F)(F)F)cn2)n1)Nc1cn[nH]c(=O)c1C(F)(F)F. The van der Waals surface area contributed by atoms with Crippen LogP contribution in [0.25, 0.3) is 0 Å². The van der Waals surface area contributed by atoms with Crippen molar-refractivity contribution in [2.24, 2.45) is 0 Å². The molecule has 17 heteroatoms. The summed E-state index contributed by atoms with van der Waals surface area (Å²) in [6, 6.07) is -0.573. The lowest BCUT2D eigenvalue weighted by Gasteiger charge is -2.20. The van der Waals surface area contributed by atoms with E-state index < -0.39 is 40.8 Å². The Labute approximate surface area is 192 Å². The maximum Gasteiger partial charge on any atom is 0.423 e. The number of anilines is 2. The number of nitrogens with zero attached hydrogens (tertiary/aromatic N) is 5. The van der Waals surface area contributed by atoms with E-state index in [0.717, 1.165) is 6.20 Å². The molecular formula is C18H19F6N9O2. The lowest BCUT2D eigenvalue weighted by Crippen LogP contribution is -2.30. The van der Waals surface area contributed by atoms with Crippen LogP contribution in [-0.2, 0) is 30.2 Å². The van der Waals surface area contributed by atoms with Crippen molar-refractivity contribution >= 4 is 11.6 Å². The first-order valence-electron chi connectivity index (χ1n) is 9.99. The molecule has 190 valence electrons. The number of aromatic nitrogens is 7. The number of hydrogen-bond acceptors (Lipinski definition) is 9. The molecule has 11 nitrogen and oxygen atoms in total. The number of ether oxygens (including phenoxy) is 1. The number of nitrogens with one attached hydrogen (secondary N) is 4. The molecule has 1 atom stereocenters.